The number of hydrogen-bond donors (Lipinski definition) is 0. The van der Waals surface area contributed by atoms with Gasteiger partial charge in [0.25, 0.3) is 0 Å². The van der Waals surface area contributed by atoms with Crippen LogP contribution in [0, 0.1) is 11.3 Å². The lowest BCUT2D eigenvalue weighted by molar-refractivity contribution is 0.797. The molecule has 0 fully saturated rings. The molecule has 2 aromatic carbocycles. The van der Waals surface area contributed by atoms with Gasteiger partial charge in [-0.05, 0) is 16.7 Å². The standard InChI is InChI=1S/C20H17N/c1-3-4-11-17(2)20(16-21,18-12-7-5-8-13-18)19-14-9-6-10-15-19/h3-15H,1-2H2/b11-4+. The summed E-state index contributed by atoms with van der Waals surface area (Å²) in [4.78, 5) is 0. The van der Waals surface area contributed by atoms with Crippen molar-refractivity contribution in [3.8, 4) is 6.07 Å². The van der Waals surface area contributed by atoms with E-state index in [1.807, 2.05) is 66.7 Å². The summed E-state index contributed by atoms with van der Waals surface area (Å²) in [5.41, 5.74) is 1.67. The Balaban J connectivity index is 2.69. The monoisotopic (exact) mass is 271 g/mol. The Labute approximate surface area is 126 Å². The van der Waals surface area contributed by atoms with Crippen LogP contribution in [0.25, 0.3) is 0 Å². The lowest BCUT2D eigenvalue weighted by Gasteiger charge is -2.28. The van der Waals surface area contributed by atoms with Crippen molar-refractivity contribution in [3.05, 3.63) is 109 Å². The average molecular weight is 271 g/mol. The van der Waals surface area contributed by atoms with Gasteiger partial charge in [0.15, 0.2) is 0 Å². The third kappa shape index (κ3) is 2.70. The van der Waals surface area contributed by atoms with Crippen molar-refractivity contribution in [2.24, 2.45) is 0 Å². The Kier molecular flexibility index (Phi) is 4.53. The van der Waals surface area contributed by atoms with Gasteiger partial charge >= 0.3 is 0 Å². The molecular weight excluding hydrogens is 254 g/mol. The van der Waals surface area contributed by atoms with Crippen molar-refractivity contribution in [3.63, 3.8) is 0 Å². The molecule has 0 unspecified atom stereocenters. The average Bonchev–Trinajstić information content (AvgIpc) is 2.56. The minimum atomic E-state index is -0.887. The van der Waals surface area contributed by atoms with Crippen LogP contribution in [0.4, 0.5) is 0 Å². The maximum Gasteiger partial charge on any atom is 0.132 e. The van der Waals surface area contributed by atoms with E-state index in [4.69, 9.17) is 0 Å². The lowest BCUT2D eigenvalue weighted by Crippen LogP contribution is -2.27. The minimum absolute atomic E-state index is 0.724. The summed E-state index contributed by atoms with van der Waals surface area (Å²) in [6, 6.07) is 22.0. The molecule has 1 heteroatoms. The first kappa shape index (κ1) is 14.6. The molecule has 0 radical (unpaired) electrons. The van der Waals surface area contributed by atoms with Crippen LogP contribution in [-0.2, 0) is 5.41 Å². The Hall–Kier alpha value is -2.85. The fourth-order valence-electron chi connectivity index (χ4n) is 2.42. The van der Waals surface area contributed by atoms with Gasteiger partial charge in [-0.2, -0.15) is 5.26 Å². The van der Waals surface area contributed by atoms with Gasteiger partial charge in [0.2, 0.25) is 0 Å². The number of nitriles is 1. The maximum absolute atomic E-state index is 9.98. The zero-order valence-corrected chi connectivity index (χ0v) is 11.9. The quantitative estimate of drug-likeness (QED) is 0.717. The van der Waals surface area contributed by atoms with E-state index in [0.29, 0.717) is 0 Å². The Morgan fingerprint density at radius 2 is 1.43 bits per heavy atom. The molecule has 0 aliphatic rings. The number of benzene rings is 2. The second-order valence-corrected chi connectivity index (χ2v) is 4.71. The van der Waals surface area contributed by atoms with Crippen molar-refractivity contribution in [1.29, 1.82) is 5.26 Å². The highest BCUT2D eigenvalue weighted by atomic mass is 14.4. The summed E-state index contributed by atoms with van der Waals surface area (Å²) in [7, 11) is 0. The van der Waals surface area contributed by atoms with Crippen LogP contribution >= 0.6 is 0 Å². The third-order valence-electron chi connectivity index (χ3n) is 3.50. The normalized spacial score (nSPS) is 11.0. The minimum Gasteiger partial charge on any atom is -0.197 e. The molecule has 0 N–H and O–H groups in total. The van der Waals surface area contributed by atoms with Crippen LogP contribution in [0.2, 0.25) is 0 Å². The molecule has 1 nitrogen and oxygen atoms in total. The number of nitrogens with zero attached hydrogens (tertiary/aromatic N) is 1. The van der Waals surface area contributed by atoms with Crippen molar-refractivity contribution in [2.45, 2.75) is 5.41 Å². The number of rotatable bonds is 5. The number of hydrogen-bond acceptors (Lipinski definition) is 1. The molecule has 0 saturated carbocycles. The predicted octanol–water partition coefficient (Wildman–Crippen LogP) is 4.79. The summed E-state index contributed by atoms with van der Waals surface area (Å²) in [6.45, 7) is 7.81. The highest BCUT2D eigenvalue weighted by Gasteiger charge is 2.36. The fourth-order valence-corrected chi connectivity index (χ4v) is 2.42. The second kappa shape index (κ2) is 6.54. The lowest BCUT2D eigenvalue weighted by atomic mass is 9.70. The van der Waals surface area contributed by atoms with Crippen LogP contribution in [0.15, 0.2) is 97.6 Å². The highest BCUT2D eigenvalue weighted by molar-refractivity contribution is 5.57. The van der Waals surface area contributed by atoms with Gasteiger partial charge in [-0.15, -0.1) is 0 Å². The van der Waals surface area contributed by atoms with Gasteiger partial charge in [-0.1, -0.05) is 92.0 Å². The topological polar surface area (TPSA) is 23.8 Å². The molecule has 21 heavy (non-hydrogen) atoms. The summed E-state index contributed by atoms with van der Waals surface area (Å²) in [6.07, 6.45) is 5.33. The SMILES string of the molecule is C=C/C=C/C(=C)C(C#N)(c1ccccc1)c1ccccc1. The van der Waals surface area contributed by atoms with Crippen molar-refractivity contribution >= 4 is 0 Å². The van der Waals surface area contributed by atoms with Crippen LogP contribution in [0.1, 0.15) is 11.1 Å². The van der Waals surface area contributed by atoms with E-state index >= 15 is 0 Å². The van der Waals surface area contributed by atoms with Crippen molar-refractivity contribution < 1.29 is 0 Å². The van der Waals surface area contributed by atoms with Gasteiger partial charge in [0.1, 0.15) is 5.41 Å². The first-order valence-electron chi connectivity index (χ1n) is 6.76. The molecule has 0 aliphatic heterocycles. The molecule has 0 aliphatic carbocycles. The van der Waals surface area contributed by atoms with Gasteiger partial charge in [0.05, 0.1) is 6.07 Å². The molecule has 0 spiro atoms. The predicted molar refractivity (Wildman–Crippen MR) is 87.8 cm³/mol. The zero-order chi connectivity index (χ0) is 15.1. The summed E-state index contributed by atoms with van der Waals surface area (Å²) in [5.74, 6) is 0. The molecular formula is C20H17N. The first-order chi connectivity index (χ1) is 10.3. The molecule has 102 valence electrons. The maximum atomic E-state index is 9.98. The molecule has 0 heterocycles. The van der Waals surface area contributed by atoms with Gasteiger partial charge in [-0.3, -0.25) is 0 Å². The Morgan fingerprint density at radius 3 is 1.81 bits per heavy atom. The van der Waals surface area contributed by atoms with Crippen LogP contribution in [0.5, 0.6) is 0 Å². The highest BCUT2D eigenvalue weighted by Crippen LogP contribution is 2.38. The molecule has 0 aromatic heterocycles. The molecule has 0 amide bonds. The molecule has 2 rings (SSSR count). The Morgan fingerprint density at radius 1 is 0.952 bits per heavy atom. The van der Waals surface area contributed by atoms with E-state index in [1.54, 1.807) is 12.2 Å². The summed E-state index contributed by atoms with van der Waals surface area (Å²) in [5, 5.41) is 9.98. The van der Waals surface area contributed by atoms with Gasteiger partial charge < -0.3 is 0 Å². The molecule has 0 atom stereocenters. The van der Waals surface area contributed by atoms with E-state index in [-0.39, 0.29) is 0 Å². The van der Waals surface area contributed by atoms with E-state index in [1.165, 1.54) is 0 Å². The molecule has 2 aromatic rings. The molecule has 0 bridgehead atoms. The first-order valence-corrected chi connectivity index (χ1v) is 6.76. The van der Waals surface area contributed by atoms with Gasteiger partial charge in [0, 0.05) is 0 Å². The van der Waals surface area contributed by atoms with Crippen molar-refractivity contribution in [2.75, 3.05) is 0 Å². The fraction of sp³-hybridized carbons (Fsp3) is 0.0500. The largest absolute Gasteiger partial charge is 0.197 e. The number of allylic oxidation sites excluding steroid dienone is 4. The van der Waals surface area contributed by atoms with Crippen LogP contribution < -0.4 is 0 Å². The van der Waals surface area contributed by atoms with Crippen LogP contribution in [0.3, 0.4) is 0 Å². The Bertz CT molecular complexity index is 648. The van der Waals surface area contributed by atoms with E-state index in [0.717, 1.165) is 16.7 Å². The van der Waals surface area contributed by atoms with E-state index in [2.05, 4.69) is 19.2 Å². The van der Waals surface area contributed by atoms with Crippen LogP contribution in [-0.4, -0.2) is 0 Å². The van der Waals surface area contributed by atoms with E-state index in [9.17, 15) is 5.26 Å². The zero-order valence-electron chi connectivity index (χ0n) is 11.9. The van der Waals surface area contributed by atoms with Crippen molar-refractivity contribution in [1.82, 2.24) is 0 Å². The molecule has 0 saturated heterocycles. The summed E-state index contributed by atoms with van der Waals surface area (Å²) >= 11 is 0. The third-order valence-corrected chi connectivity index (χ3v) is 3.50. The van der Waals surface area contributed by atoms with E-state index < -0.39 is 5.41 Å². The smallest absolute Gasteiger partial charge is 0.132 e. The van der Waals surface area contributed by atoms with Gasteiger partial charge in [-0.25, -0.2) is 0 Å². The summed E-state index contributed by atoms with van der Waals surface area (Å²) < 4.78 is 0. The second-order valence-electron chi connectivity index (χ2n) is 4.71.